The summed E-state index contributed by atoms with van der Waals surface area (Å²) in [4.78, 5) is 0.321. The number of thiocarbonyl (C=S) groups is 1. The smallest absolute Gasteiger partial charge is 0.137 e. The standard InChI is InChI=1S/C15H15NO2S/c1-2-17-11-7-9-12(10-8-11)18-14-6-4-3-5-13(14)15(16)19/h3-10H,2H2,1H3,(H2,16,19). The van der Waals surface area contributed by atoms with E-state index in [0.29, 0.717) is 23.1 Å². The van der Waals surface area contributed by atoms with Gasteiger partial charge in [0.2, 0.25) is 0 Å². The fourth-order valence-electron chi connectivity index (χ4n) is 1.66. The average molecular weight is 273 g/mol. The lowest BCUT2D eigenvalue weighted by atomic mass is 10.2. The van der Waals surface area contributed by atoms with E-state index in [1.54, 1.807) is 0 Å². The maximum Gasteiger partial charge on any atom is 0.137 e. The van der Waals surface area contributed by atoms with E-state index in [1.165, 1.54) is 0 Å². The molecule has 3 nitrogen and oxygen atoms in total. The highest BCUT2D eigenvalue weighted by Gasteiger charge is 2.06. The Hall–Kier alpha value is -2.07. The summed E-state index contributed by atoms with van der Waals surface area (Å²) in [7, 11) is 0. The van der Waals surface area contributed by atoms with Crippen molar-refractivity contribution in [3.8, 4) is 17.2 Å². The Morgan fingerprint density at radius 2 is 1.68 bits per heavy atom. The minimum Gasteiger partial charge on any atom is -0.494 e. The first-order valence-electron chi connectivity index (χ1n) is 6.00. The van der Waals surface area contributed by atoms with E-state index in [0.717, 1.165) is 11.3 Å². The number of para-hydroxylation sites is 1. The Kier molecular flexibility index (Phi) is 4.36. The first kappa shape index (κ1) is 13.4. The summed E-state index contributed by atoms with van der Waals surface area (Å²) in [5.41, 5.74) is 6.39. The maximum atomic E-state index is 5.78. The third kappa shape index (κ3) is 3.45. The summed E-state index contributed by atoms with van der Waals surface area (Å²) < 4.78 is 11.2. The van der Waals surface area contributed by atoms with E-state index >= 15 is 0 Å². The third-order valence-electron chi connectivity index (χ3n) is 2.52. The van der Waals surface area contributed by atoms with Crippen molar-refractivity contribution in [2.24, 2.45) is 5.73 Å². The minimum atomic E-state index is 0.321. The van der Waals surface area contributed by atoms with Gasteiger partial charge in [-0.25, -0.2) is 0 Å². The van der Waals surface area contributed by atoms with Crippen molar-refractivity contribution in [3.05, 3.63) is 54.1 Å². The normalized spacial score (nSPS) is 9.95. The fraction of sp³-hybridized carbons (Fsp3) is 0.133. The van der Waals surface area contributed by atoms with Crippen molar-refractivity contribution in [1.29, 1.82) is 0 Å². The Bertz CT molecular complexity index is 567. The van der Waals surface area contributed by atoms with Crippen LogP contribution in [0.1, 0.15) is 12.5 Å². The first-order chi connectivity index (χ1) is 9.20. The second-order valence-electron chi connectivity index (χ2n) is 3.87. The zero-order valence-electron chi connectivity index (χ0n) is 10.6. The molecule has 2 N–H and O–H groups in total. The quantitative estimate of drug-likeness (QED) is 0.847. The highest BCUT2D eigenvalue weighted by atomic mass is 32.1. The summed E-state index contributed by atoms with van der Waals surface area (Å²) in [6.45, 7) is 2.59. The molecule has 0 aliphatic carbocycles. The predicted molar refractivity (Wildman–Crippen MR) is 80.0 cm³/mol. The minimum absolute atomic E-state index is 0.321. The second-order valence-corrected chi connectivity index (χ2v) is 4.31. The molecule has 0 heterocycles. The molecule has 0 spiro atoms. The van der Waals surface area contributed by atoms with E-state index in [9.17, 15) is 0 Å². The molecule has 0 atom stereocenters. The predicted octanol–water partition coefficient (Wildman–Crippen LogP) is 3.51. The van der Waals surface area contributed by atoms with Crippen LogP contribution in [0.15, 0.2) is 48.5 Å². The van der Waals surface area contributed by atoms with Gasteiger partial charge in [0.25, 0.3) is 0 Å². The summed E-state index contributed by atoms with van der Waals surface area (Å²) in [6.07, 6.45) is 0. The maximum absolute atomic E-state index is 5.78. The van der Waals surface area contributed by atoms with E-state index in [4.69, 9.17) is 27.4 Å². The third-order valence-corrected chi connectivity index (χ3v) is 2.73. The molecule has 0 aliphatic heterocycles. The van der Waals surface area contributed by atoms with Crippen LogP contribution in [0.4, 0.5) is 0 Å². The fourth-order valence-corrected chi connectivity index (χ4v) is 1.83. The lowest BCUT2D eigenvalue weighted by Crippen LogP contribution is -2.10. The number of rotatable bonds is 5. The Morgan fingerprint density at radius 3 is 2.32 bits per heavy atom. The molecule has 2 aromatic rings. The van der Waals surface area contributed by atoms with Gasteiger partial charge in [-0.1, -0.05) is 24.4 Å². The first-order valence-corrected chi connectivity index (χ1v) is 6.41. The van der Waals surface area contributed by atoms with E-state index in [2.05, 4.69) is 0 Å². The molecule has 0 amide bonds. The van der Waals surface area contributed by atoms with Gasteiger partial charge in [-0.3, -0.25) is 0 Å². The molecule has 98 valence electrons. The van der Waals surface area contributed by atoms with Crippen LogP contribution in [0, 0.1) is 0 Å². The summed E-state index contributed by atoms with van der Waals surface area (Å²) >= 11 is 5.00. The highest BCUT2D eigenvalue weighted by Crippen LogP contribution is 2.26. The van der Waals surface area contributed by atoms with Crippen molar-refractivity contribution in [2.45, 2.75) is 6.92 Å². The topological polar surface area (TPSA) is 44.5 Å². The number of nitrogens with two attached hydrogens (primary N) is 1. The van der Waals surface area contributed by atoms with Crippen LogP contribution in [0.2, 0.25) is 0 Å². The Balaban J connectivity index is 2.19. The molecule has 0 radical (unpaired) electrons. The van der Waals surface area contributed by atoms with Crippen molar-refractivity contribution in [2.75, 3.05) is 6.61 Å². The number of ether oxygens (including phenoxy) is 2. The molecular weight excluding hydrogens is 258 g/mol. The van der Waals surface area contributed by atoms with Gasteiger partial charge in [-0.15, -0.1) is 0 Å². The monoisotopic (exact) mass is 273 g/mol. The van der Waals surface area contributed by atoms with E-state index < -0.39 is 0 Å². The van der Waals surface area contributed by atoms with Gasteiger partial charge in [-0.05, 0) is 43.3 Å². The molecule has 0 saturated carbocycles. The van der Waals surface area contributed by atoms with Gasteiger partial charge >= 0.3 is 0 Å². The van der Waals surface area contributed by atoms with Crippen molar-refractivity contribution in [3.63, 3.8) is 0 Å². The number of benzene rings is 2. The zero-order valence-corrected chi connectivity index (χ0v) is 11.4. The van der Waals surface area contributed by atoms with Gasteiger partial charge in [-0.2, -0.15) is 0 Å². The van der Waals surface area contributed by atoms with Crippen LogP contribution in [0.3, 0.4) is 0 Å². The molecule has 0 bridgehead atoms. The molecule has 0 aliphatic rings. The Morgan fingerprint density at radius 1 is 1.05 bits per heavy atom. The van der Waals surface area contributed by atoms with Crippen LogP contribution >= 0.6 is 12.2 Å². The molecular formula is C15H15NO2S. The van der Waals surface area contributed by atoms with E-state index in [-0.39, 0.29) is 0 Å². The summed E-state index contributed by atoms with van der Waals surface area (Å²) in [5, 5.41) is 0. The molecule has 0 unspecified atom stereocenters. The molecule has 2 aromatic carbocycles. The van der Waals surface area contributed by atoms with Crippen LogP contribution in [0.25, 0.3) is 0 Å². The molecule has 0 aromatic heterocycles. The van der Waals surface area contributed by atoms with Crippen LogP contribution < -0.4 is 15.2 Å². The highest BCUT2D eigenvalue weighted by molar-refractivity contribution is 7.80. The lowest BCUT2D eigenvalue weighted by Gasteiger charge is -2.10. The Labute approximate surface area is 118 Å². The van der Waals surface area contributed by atoms with Crippen LogP contribution in [-0.4, -0.2) is 11.6 Å². The van der Waals surface area contributed by atoms with E-state index in [1.807, 2.05) is 55.5 Å². The molecule has 0 saturated heterocycles. The molecule has 19 heavy (non-hydrogen) atoms. The number of hydrogen-bond donors (Lipinski definition) is 1. The summed E-state index contributed by atoms with van der Waals surface area (Å²) in [5.74, 6) is 2.18. The lowest BCUT2D eigenvalue weighted by molar-refractivity contribution is 0.339. The van der Waals surface area contributed by atoms with Crippen LogP contribution in [0.5, 0.6) is 17.2 Å². The van der Waals surface area contributed by atoms with Crippen molar-refractivity contribution in [1.82, 2.24) is 0 Å². The van der Waals surface area contributed by atoms with Crippen molar-refractivity contribution >= 4 is 17.2 Å². The van der Waals surface area contributed by atoms with Crippen LogP contribution in [-0.2, 0) is 0 Å². The molecule has 4 heteroatoms. The van der Waals surface area contributed by atoms with Gasteiger partial charge in [0.15, 0.2) is 0 Å². The summed E-state index contributed by atoms with van der Waals surface area (Å²) in [6, 6.07) is 14.9. The molecule has 2 rings (SSSR count). The van der Waals surface area contributed by atoms with Gasteiger partial charge in [0, 0.05) is 0 Å². The molecule has 0 fully saturated rings. The second kappa shape index (κ2) is 6.20. The SMILES string of the molecule is CCOc1ccc(Oc2ccccc2C(N)=S)cc1. The van der Waals surface area contributed by atoms with Gasteiger partial charge < -0.3 is 15.2 Å². The zero-order chi connectivity index (χ0) is 13.7. The van der Waals surface area contributed by atoms with Gasteiger partial charge in [0.05, 0.1) is 12.2 Å². The number of hydrogen-bond acceptors (Lipinski definition) is 3. The van der Waals surface area contributed by atoms with Gasteiger partial charge in [0.1, 0.15) is 22.2 Å². The van der Waals surface area contributed by atoms with Crippen molar-refractivity contribution < 1.29 is 9.47 Å². The largest absolute Gasteiger partial charge is 0.494 e. The average Bonchev–Trinajstić information content (AvgIpc) is 2.42.